The van der Waals surface area contributed by atoms with Crippen LogP contribution in [0.2, 0.25) is 0 Å². The van der Waals surface area contributed by atoms with Gasteiger partial charge in [0.2, 0.25) is 5.91 Å². The number of nitrogens with zero attached hydrogens (tertiary/aromatic N) is 1. The van der Waals surface area contributed by atoms with Crippen LogP contribution in [0, 0.1) is 0 Å². The maximum Gasteiger partial charge on any atom is 0.316 e. The SMILES string of the molecule is CC1(C)CN(C(=O)CC(F)(F)C(F)F)c2ccc(Br)cc2O1. The second kappa shape index (κ2) is 5.72. The van der Waals surface area contributed by atoms with Crippen molar-refractivity contribution in [2.45, 2.75) is 38.2 Å². The van der Waals surface area contributed by atoms with E-state index in [2.05, 4.69) is 15.9 Å². The molecule has 0 bridgehead atoms. The number of hydrogen-bond acceptors (Lipinski definition) is 2. The molecule has 1 amide bonds. The maximum absolute atomic E-state index is 13.1. The highest BCUT2D eigenvalue weighted by molar-refractivity contribution is 9.10. The zero-order chi connectivity index (χ0) is 16.7. The highest BCUT2D eigenvalue weighted by Gasteiger charge is 2.45. The van der Waals surface area contributed by atoms with E-state index >= 15 is 0 Å². The molecule has 0 saturated heterocycles. The summed E-state index contributed by atoms with van der Waals surface area (Å²) in [5, 5.41) is 0. The van der Waals surface area contributed by atoms with Gasteiger partial charge in [0, 0.05) is 4.47 Å². The summed E-state index contributed by atoms with van der Waals surface area (Å²) < 4.78 is 57.3. The lowest BCUT2D eigenvalue weighted by Gasteiger charge is -2.40. The molecule has 22 heavy (non-hydrogen) atoms. The molecule has 0 fully saturated rings. The molecule has 0 unspecified atom stereocenters. The van der Waals surface area contributed by atoms with Crippen molar-refractivity contribution < 1.29 is 27.1 Å². The predicted molar refractivity (Wildman–Crippen MR) is 76.8 cm³/mol. The molecule has 2 rings (SSSR count). The van der Waals surface area contributed by atoms with Gasteiger partial charge in [0.15, 0.2) is 0 Å². The fourth-order valence-corrected chi connectivity index (χ4v) is 2.53. The van der Waals surface area contributed by atoms with Crippen LogP contribution in [0.25, 0.3) is 0 Å². The van der Waals surface area contributed by atoms with Crippen molar-refractivity contribution in [2.75, 3.05) is 11.4 Å². The normalized spacial score (nSPS) is 17.2. The van der Waals surface area contributed by atoms with E-state index in [1.54, 1.807) is 26.0 Å². The van der Waals surface area contributed by atoms with Gasteiger partial charge in [0.1, 0.15) is 11.4 Å². The second-order valence-electron chi connectivity index (χ2n) is 5.69. The van der Waals surface area contributed by atoms with Crippen molar-refractivity contribution in [3.63, 3.8) is 0 Å². The Morgan fingerprint density at radius 1 is 1.45 bits per heavy atom. The largest absolute Gasteiger partial charge is 0.484 e. The Hall–Kier alpha value is -1.31. The van der Waals surface area contributed by atoms with Crippen LogP contribution in [-0.4, -0.2) is 30.4 Å². The first-order valence-electron chi connectivity index (χ1n) is 6.47. The molecule has 8 heteroatoms. The Morgan fingerprint density at radius 3 is 2.68 bits per heavy atom. The number of benzene rings is 1. The van der Waals surface area contributed by atoms with Gasteiger partial charge in [-0.2, -0.15) is 8.78 Å². The van der Waals surface area contributed by atoms with Crippen LogP contribution in [-0.2, 0) is 4.79 Å². The Labute approximate surface area is 133 Å². The minimum Gasteiger partial charge on any atom is -0.484 e. The Kier molecular flexibility index (Phi) is 4.43. The maximum atomic E-state index is 13.1. The number of fused-ring (bicyclic) bond motifs is 1. The molecule has 3 nitrogen and oxygen atoms in total. The lowest BCUT2D eigenvalue weighted by molar-refractivity contribution is -0.150. The van der Waals surface area contributed by atoms with Gasteiger partial charge in [-0.15, -0.1) is 0 Å². The Bertz CT molecular complexity index is 592. The number of halogens is 5. The van der Waals surface area contributed by atoms with E-state index in [0.29, 0.717) is 10.2 Å². The summed E-state index contributed by atoms with van der Waals surface area (Å²) in [5.41, 5.74) is -0.526. The summed E-state index contributed by atoms with van der Waals surface area (Å²) >= 11 is 3.25. The topological polar surface area (TPSA) is 29.5 Å². The molecule has 1 aliphatic heterocycles. The summed E-state index contributed by atoms with van der Waals surface area (Å²) in [6.07, 6.45) is -5.43. The second-order valence-corrected chi connectivity index (χ2v) is 6.61. The van der Waals surface area contributed by atoms with E-state index in [-0.39, 0.29) is 12.2 Å². The number of alkyl halides is 4. The average Bonchev–Trinajstić information content (AvgIpc) is 2.35. The lowest BCUT2D eigenvalue weighted by atomic mass is 10.0. The number of anilines is 1. The predicted octanol–water partition coefficient (Wildman–Crippen LogP) is 4.24. The third kappa shape index (κ3) is 3.53. The number of ether oxygens (including phenoxy) is 1. The molecular formula is C14H14BrF4NO2. The third-order valence-electron chi connectivity index (χ3n) is 3.15. The van der Waals surface area contributed by atoms with Gasteiger partial charge < -0.3 is 9.64 Å². The van der Waals surface area contributed by atoms with Crippen molar-refractivity contribution >= 4 is 27.5 Å². The van der Waals surface area contributed by atoms with Crippen LogP contribution in [0.4, 0.5) is 23.2 Å². The van der Waals surface area contributed by atoms with Gasteiger partial charge in [0.25, 0.3) is 0 Å². The van der Waals surface area contributed by atoms with E-state index in [1.165, 1.54) is 6.07 Å². The Morgan fingerprint density at radius 2 is 2.09 bits per heavy atom. The summed E-state index contributed by atoms with van der Waals surface area (Å²) in [7, 11) is 0. The highest BCUT2D eigenvalue weighted by Crippen LogP contribution is 2.40. The van der Waals surface area contributed by atoms with Crippen molar-refractivity contribution in [3.05, 3.63) is 22.7 Å². The van der Waals surface area contributed by atoms with Crippen LogP contribution < -0.4 is 9.64 Å². The molecule has 1 heterocycles. The average molecular weight is 384 g/mol. The molecule has 0 radical (unpaired) electrons. The quantitative estimate of drug-likeness (QED) is 0.730. The summed E-state index contributed by atoms with van der Waals surface area (Å²) in [6, 6.07) is 4.74. The van der Waals surface area contributed by atoms with Crippen molar-refractivity contribution in [2.24, 2.45) is 0 Å². The standard InChI is InChI=1S/C14H14BrF4NO2/c1-13(2)7-20(11(21)6-14(18,19)12(16)17)9-4-3-8(15)5-10(9)22-13/h3-5,12H,6-7H2,1-2H3. The van der Waals surface area contributed by atoms with Crippen molar-refractivity contribution in [3.8, 4) is 5.75 Å². The van der Waals surface area contributed by atoms with Gasteiger partial charge in [0.05, 0.1) is 18.7 Å². The number of hydrogen-bond donors (Lipinski definition) is 0. The number of carbonyl (C=O) groups is 1. The molecule has 122 valence electrons. The van der Waals surface area contributed by atoms with Crippen LogP contribution in [0.5, 0.6) is 5.75 Å². The lowest BCUT2D eigenvalue weighted by Crippen LogP contribution is -2.50. The first-order chi connectivity index (χ1) is 10.0. The third-order valence-corrected chi connectivity index (χ3v) is 3.64. The van der Waals surface area contributed by atoms with E-state index in [0.717, 1.165) is 4.90 Å². The molecule has 0 N–H and O–H groups in total. The van der Waals surface area contributed by atoms with Gasteiger partial charge in [-0.3, -0.25) is 4.79 Å². The van der Waals surface area contributed by atoms with Crippen LogP contribution in [0.1, 0.15) is 20.3 Å². The number of carbonyl (C=O) groups excluding carboxylic acids is 1. The number of rotatable bonds is 3. The smallest absolute Gasteiger partial charge is 0.316 e. The van der Waals surface area contributed by atoms with Gasteiger partial charge >= 0.3 is 12.3 Å². The van der Waals surface area contributed by atoms with Gasteiger partial charge in [-0.25, -0.2) is 8.78 Å². The van der Waals surface area contributed by atoms with E-state index in [9.17, 15) is 22.4 Å². The van der Waals surface area contributed by atoms with E-state index in [4.69, 9.17) is 4.74 Å². The highest BCUT2D eigenvalue weighted by atomic mass is 79.9. The summed E-state index contributed by atoms with van der Waals surface area (Å²) in [6.45, 7) is 3.37. The molecule has 1 aromatic carbocycles. The molecule has 0 spiro atoms. The molecular weight excluding hydrogens is 370 g/mol. The van der Waals surface area contributed by atoms with Crippen molar-refractivity contribution in [1.82, 2.24) is 0 Å². The fraction of sp³-hybridized carbons (Fsp3) is 0.500. The van der Waals surface area contributed by atoms with Crippen molar-refractivity contribution in [1.29, 1.82) is 0 Å². The molecule has 1 aliphatic rings. The first-order valence-corrected chi connectivity index (χ1v) is 7.26. The molecule has 0 atom stereocenters. The monoisotopic (exact) mass is 383 g/mol. The van der Waals surface area contributed by atoms with Gasteiger partial charge in [-0.05, 0) is 32.0 Å². The summed E-state index contributed by atoms with van der Waals surface area (Å²) in [5.74, 6) is -5.08. The van der Waals surface area contributed by atoms with E-state index < -0.39 is 30.3 Å². The molecule has 0 aliphatic carbocycles. The fourth-order valence-electron chi connectivity index (χ4n) is 2.19. The molecule has 0 saturated carbocycles. The number of amides is 1. The van der Waals surface area contributed by atoms with Crippen LogP contribution in [0.15, 0.2) is 22.7 Å². The zero-order valence-electron chi connectivity index (χ0n) is 11.9. The summed E-state index contributed by atoms with van der Waals surface area (Å²) in [4.78, 5) is 13.2. The first kappa shape index (κ1) is 17.1. The minimum atomic E-state index is -4.35. The molecule has 1 aromatic rings. The zero-order valence-corrected chi connectivity index (χ0v) is 13.5. The minimum absolute atomic E-state index is 0.000214. The molecule has 0 aromatic heterocycles. The van der Waals surface area contributed by atoms with Gasteiger partial charge in [-0.1, -0.05) is 15.9 Å². The van der Waals surface area contributed by atoms with Crippen LogP contribution >= 0.6 is 15.9 Å². The Balaban J connectivity index is 2.33. The van der Waals surface area contributed by atoms with Crippen LogP contribution in [0.3, 0.4) is 0 Å². The van der Waals surface area contributed by atoms with E-state index in [1.807, 2.05) is 0 Å².